The highest BCUT2D eigenvalue weighted by molar-refractivity contribution is 5.81. The van der Waals surface area contributed by atoms with E-state index in [1.54, 1.807) is 0 Å². The minimum absolute atomic E-state index is 0.0125. The summed E-state index contributed by atoms with van der Waals surface area (Å²) in [6.45, 7) is 6.27. The van der Waals surface area contributed by atoms with Gasteiger partial charge >= 0.3 is 0 Å². The van der Waals surface area contributed by atoms with Gasteiger partial charge in [-0.2, -0.15) is 0 Å². The molecule has 0 amide bonds. The third-order valence-electron chi connectivity index (χ3n) is 5.26. The van der Waals surface area contributed by atoms with Gasteiger partial charge in [-0.3, -0.25) is 0 Å². The van der Waals surface area contributed by atoms with E-state index in [2.05, 4.69) is 26.0 Å². The largest absolute Gasteiger partial charge is 0.464 e. The molecular formula is C24H29FO. The van der Waals surface area contributed by atoms with Crippen LogP contribution >= 0.6 is 0 Å². The summed E-state index contributed by atoms with van der Waals surface area (Å²) >= 11 is 0. The standard InChI is InChI=1S/C24H29FO/c1-4-6-10-18-14-17(3)24(25)21(11-7-5-2)22(18)15-19-16-26-23-13-9-8-12-20(19)23/h8-9,12-14,16H,4-7,10-11,15H2,1-3H3. The van der Waals surface area contributed by atoms with Crippen LogP contribution in [0.2, 0.25) is 0 Å². The predicted molar refractivity (Wildman–Crippen MR) is 107 cm³/mol. The topological polar surface area (TPSA) is 13.1 Å². The second-order valence-corrected chi connectivity index (χ2v) is 7.26. The van der Waals surface area contributed by atoms with Crippen molar-refractivity contribution in [2.45, 2.75) is 65.7 Å². The summed E-state index contributed by atoms with van der Waals surface area (Å²) in [6, 6.07) is 10.2. The highest BCUT2D eigenvalue weighted by Gasteiger charge is 2.18. The normalized spacial score (nSPS) is 11.4. The summed E-state index contributed by atoms with van der Waals surface area (Å²) in [5.41, 5.74) is 6.24. The third-order valence-corrected chi connectivity index (χ3v) is 5.26. The van der Waals surface area contributed by atoms with Gasteiger partial charge in [-0.15, -0.1) is 0 Å². The zero-order chi connectivity index (χ0) is 18.5. The number of unbranched alkanes of at least 4 members (excludes halogenated alkanes) is 2. The van der Waals surface area contributed by atoms with Gasteiger partial charge in [-0.25, -0.2) is 4.39 Å². The minimum Gasteiger partial charge on any atom is -0.464 e. The molecule has 3 aromatic rings. The Labute approximate surface area is 156 Å². The molecule has 138 valence electrons. The summed E-state index contributed by atoms with van der Waals surface area (Å²) in [4.78, 5) is 0. The second-order valence-electron chi connectivity index (χ2n) is 7.26. The minimum atomic E-state index is -0.0125. The van der Waals surface area contributed by atoms with Crippen molar-refractivity contribution in [3.8, 4) is 0 Å². The molecule has 2 heteroatoms. The van der Waals surface area contributed by atoms with Crippen molar-refractivity contribution >= 4 is 11.0 Å². The highest BCUT2D eigenvalue weighted by Crippen LogP contribution is 2.30. The molecule has 0 saturated heterocycles. The second kappa shape index (κ2) is 8.53. The molecule has 1 aromatic heterocycles. The lowest BCUT2D eigenvalue weighted by molar-refractivity contribution is 0.587. The van der Waals surface area contributed by atoms with E-state index in [0.29, 0.717) is 0 Å². The molecule has 0 spiro atoms. The molecular weight excluding hydrogens is 323 g/mol. The Morgan fingerprint density at radius 3 is 2.42 bits per heavy atom. The van der Waals surface area contributed by atoms with Crippen LogP contribution in [0, 0.1) is 12.7 Å². The lowest BCUT2D eigenvalue weighted by Crippen LogP contribution is -2.07. The molecule has 0 radical (unpaired) electrons. The van der Waals surface area contributed by atoms with Crippen LogP contribution in [0.4, 0.5) is 4.39 Å². The molecule has 0 aliphatic rings. The summed E-state index contributed by atoms with van der Waals surface area (Å²) < 4.78 is 20.7. The fourth-order valence-electron chi connectivity index (χ4n) is 3.76. The van der Waals surface area contributed by atoms with E-state index in [1.807, 2.05) is 31.4 Å². The van der Waals surface area contributed by atoms with E-state index < -0.39 is 0 Å². The molecule has 1 nitrogen and oxygen atoms in total. The number of aryl methyl sites for hydroxylation is 2. The van der Waals surface area contributed by atoms with Crippen molar-refractivity contribution < 1.29 is 8.81 Å². The van der Waals surface area contributed by atoms with Crippen LogP contribution in [-0.4, -0.2) is 0 Å². The van der Waals surface area contributed by atoms with Gasteiger partial charge in [0.05, 0.1) is 6.26 Å². The maximum absolute atomic E-state index is 15.0. The van der Waals surface area contributed by atoms with Crippen molar-refractivity contribution in [1.29, 1.82) is 0 Å². The molecule has 0 fully saturated rings. The molecule has 0 atom stereocenters. The fraction of sp³-hybridized carbons (Fsp3) is 0.417. The summed E-state index contributed by atoms with van der Waals surface area (Å²) in [7, 11) is 0. The first kappa shape index (κ1) is 18.7. The molecule has 0 unspecified atom stereocenters. The van der Waals surface area contributed by atoms with Gasteiger partial charge in [0.2, 0.25) is 0 Å². The van der Waals surface area contributed by atoms with E-state index in [4.69, 9.17) is 4.42 Å². The Morgan fingerprint density at radius 1 is 0.923 bits per heavy atom. The monoisotopic (exact) mass is 352 g/mol. The number of hydrogen-bond acceptors (Lipinski definition) is 1. The van der Waals surface area contributed by atoms with Gasteiger partial charge in [0.1, 0.15) is 11.4 Å². The number of hydrogen-bond donors (Lipinski definition) is 0. The molecule has 0 aliphatic heterocycles. The summed E-state index contributed by atoms with van der Waals surface area (Å²) in [5.74, 6) is -0.0125. The molecule has 0 aliphatic carbocycles. The van der Waals surface area contributed by atoms with Crippen LogP contribution < -0.4 is 0 Å². The Kier molecular flexibility index (Phi) is 6.13. The first-order chi connectivity index (χ1) is 12.7. The lowest BCUT2D eigenvalue weighted by Gasteiger charge is -2.18. The lowest BCUT2D eigenvalue weighted by atomic mass is 9.88. The number of rotatable bonds is 8. The first-order valence-corrected chi connectivity index (χ1v) is 9.90. The molecule has 26 heavy (non-hydrogen) atoms. The van der Waals surface area contributed by atoms with Gasteiger partial charge in [-0.1, -0.05) is 51.0 Å². The Morgan fingerprint density at radius 2 is 1.65 bits per heavy atom. The SMILES string of the molecule is CCCCc1cc(C)c(F)c(CCCC)c1Cc1coc2ccccc12. The number of fused-ring (bicyclic) bond motifs is 1. The van der Waals surface area contributed by atoms with Crippen molar-refractivity contribution in [2.24, 2.45) is 0 Å². The quantitative estimate of drug-likeness (QED) is 0.419. The van der Waals surface area contributed by atoms with Gasteiger partial charge in [0.25, 0.3) is 0 Å². The summed E-state index contributed by atoms with van der Waals surface area (Å²) in [6.07, 6.45) is 8.79. The van der Waals surface area contributed by atoms with Crippen LogP contribution in [0.15, 0.2) is 41.0 Å². The van der Waals surface area contributed by atoms with Gasteiger partial charge in [0, 0.05) is 17.4 Å². The van der Waals surface area contributed by atoms with Crippen molar-refractivity contribution in [2.75, 3.05) is 0 Å². The van der Waals surface area contributed by atoms with Gasteiger partial charge in [-0.05, 0) is 60.9 Å². The van der Waals surface area contributed by atoms with Gasteiger partial charge < -0.3 is 4.42 Å². The van der Waals surface area contributed by atoms with Crippen LogP contribution in [0.25, 0.3) is 11.0 Å². The van der Waals surface area contributed by atoms with Crippen molar-refractivity contribution in [1.82, 2.24) is 0 Å². The van der Waals surface area contributed by atoms with Crippen LogP contribution in [0.5, 0.6) is 0 Å². The zero-order valence-electron chi connectivity index (χ0n) is 16.2. The van der Waals surface area contributed by atoms with Crippen LogP contribution in [0.1, 0.15) is 67.3 Å². The molecule has 1 heterocycles. The van der Waals surface area contributed by atoms with Crippen LogP contribution in [0.3, 0.4) is 0 Å². The number of benzene rings is 2. The maximum Gasteiger partial charge on any atom is 0.134 e. The number of para-hydroxylation sites is 1. The fourth-order valence-corrected chi connectivity index (χ4v) is 3.76. The summed E-state index contributed by atoms with van der Waals surface area (Å²) in [5, 5.41) is 1.14. The Balaban J connectivity index is 2.08. The predicted octanol–water partition coefficient (Wildman–Crippen LogP) is 7.16. The van der Waals surface area contributed by atoms with E-state index in [0.717, 1.165) is 72.6 Å². The third kappa shape index (κ3) is 3.85. The maximum atomic E-state index is 15.0. The molecule has 0 bridgehead atoms. The highest BCUT2D eigenvalue weighted by atomic mass is 19.1. The number of halogens is 1. The molecule has 0 saturated carbocycles. The van der Waals surface area contributed by atoms with E-state index >= 15 is 4.39 Å². The molecule has 0 N–H and O–H groups in total. The average molecular weight is 352 g/mol. The molecule has 2 aromatic carbocycles. The average Bonchev–Trinajstić information content (AvgIpc) is 3.06. The van der Waals surface area contributed by atoms with E-state index in [-0.39, 0.29) is 5.82 Å². The first-order valence-electron chi connectivity index (χ1n) is 9.90. The zero-order valence-corrected chi connectivity index (χ0v) is 16.2. The smallest absolute Gasteiger partial charge is 0.134 e. The Bertz CT molecular complexity index is 875. The van der Waals surface area contributed by atoms with Crippen molar-refractivity contribution in [3.63, 3.8) is 0 Å². The van der Waals surface area contributed by atoms with Crippen molar-refractivity contribution in [3.05, 3.63) is 70.2 Å². The van der Waals surface area contributed by atoms with Crippen LogP contribution in [-0.2, 0) is 19.3 Å². The Hall–Kier alpha value is -2.09. The van der Waals surface area contributed by atoms with Gasteiger partial charge in [0.15, 0.2) is 0 Å². The molecule has 3 rings (SSSR count). The van der Waals surface area contributed by atoms with E-state index in [1.165, 1.54) is 11.1 Å². The van der Waals surface area contributed by atoms with E-state index in [9.17, 15) is 0 Å². The number of furan rings is 1.